The fraction of sp³-hybridized carbons (Fsp3) is 0.435. The Balaban J connectivity index is 1.59. The Bertz CT molecular complexity index is 948. The van der Waals surface area contributed by atoms with Gasteiger partial charge in [-0.25, -0.2) is 8.42 Å². The lowest BCUT2D eigenvalue weighted by Crippen LogP contribution is -2.35. The lowest BCUT2D eigenvalue weighted by Gasteiger charge is -2.25. The molecule has 2 aromatic carbocycles. The number of piperidine rings is 1. The van der Waals surface area contributed by atoms with E-state index in [9.17, 15) is 13.2 Å². The van der Waals surface area contributed by atoms with Gasteiger partial charge in [-0.3, -0.25) is 4.79 Å². The average Bonchev–Trinajstić information content (AvgIpc) is 2.75. The van der Waals surface area contributed by atoms with Gasteiger partial charge in [0.25, 0.3) is 0 Å². The number of benzene rings is 2. The van der Waals surface area contributed by atoms with Crippen LogP contribution in [-0.4, -0.2) is 37.8 Å². The molecule has 1 aliphatic heterocycles. The summed E-state index contributed by atoms with van der Waals surface area (Å²) in [7, 11) is -3.47. The molecule has 0 bridgehead atoms. The molecule has 2 N–H and O–H groups in total. The molecule has 0 aliphatic carbocycles. The molecule has 0 saturated carbocycles. The van der Waals surface area contributed by atoms with E-state index in [1.54, 1.807) is 35.5 Å². The molecule has 1 unspecified atom stereocenters. The summed E-state index contributed by atoms with van der Waals surface area (Å²) in [6, 6.07) is 14.0. The highest BCUT2D eigenvalue weighted by atomic mass is 32.2. The maximum Gasteiger partial charge on any atom is 0.246 e. The van der Waals surface area contributed by atoms with Crippen molar-refractivity contribution < 1.29 is 13.2 Å². The van der Waals surface area contributed by atoms with E-state index in [-0.39, 0.29) is 10.8 Å². The molecule has 7 heteroatoms. The van der Waals surface area contributed by atoms with Crippen molar-refractivity contribution in [2.75, 3.05) is 23.7 Å². The van der Waals surface area contributed by atoms with E-state index in [1.165, 1.54) is 5.56 Å². The Morgan fingerprint density at radius 3 is 2.00 bits per heavy atom. The molecular weight excluding hydrogens is 398 g/mol. The van der Waals surface area contributed by atoms with Crippen LogP contribution in [0.4, 0.5) is 11.4 Å². The van der Waals surface area contributed by atoms with Gasteiger partial charge in [0.05, 0.1) is 4.90 Å². The maximum absolute atomic E-state index is 12.7. The first-order valence-corrected chi connectivity index (χ1v) is 12.0. The smallest absolute Gasteiger partial charge is 0.246 e. The predicted molar refractivity (Wildman–Crippen MR) is 121 cm³/mol. The number of rotatable bonds is 7. The molecule has 0 aromatic heterocycles. The molecule has 1 fully saturated rings. The molecule has 3 rings (SSSR count). The monoisotopic (exact) mass is 429 g/mol. The van der Waals surface area contributed by atoms with Crippen LogP contribution in [0.5, 0.6) is 0 Å². The van der Waals surface area contributed by atoms with Crippen molar-refractivity contribution in [2.45, 2.75) is 56.9 Å². The van der Waals surface area contributed by atoms with E-state index in [0.717, 1.165) is 24.9 Å². The van der Waals surface area contributed by atoms with Crippen molar-refractivity contribution in [1.82, 2.24) is 4.31 Å². The summed E-state index contributed by atoms with van der Waals surface area (Å²) in [5.74, 6) is 0.274. The highest BCUT2D eigenvalue weighted by molar-refractivity contribution is 7.89. The number of carbonyl (C=O) groups excluding carboxylic acids is 1. The van der Waals surface area contributed by atoms with Crippen LogP contribution < -0.4 is 10.6 Å². The third kappa shape index (κ3) is 5.40. The number of amides is 1. The van der Waals surface area contributed by atoms with Gasteiger partial charge in [-0.15, -0.1) is 0 Å². The fourth-order valence-electron chi connectivity index (χ4n) is 3.49. The van der Waals surface area contributed by atoms with Crippen LogP contribution >= 0.6 is 0 Å². The summed E-state index contributed by atoms with van der Waals surface area (Å²) < 4.78 is 27.0. The second kappa shape index (κ2) is 9.62. The van der Waals surface area contributed by atoms with E-state index in [2.05, 4.69) is 36.6 Å². The molecule has 162 valence electrons. The average molecular weight is 430 g/mol. The van der Waals surface area contributed by atoms with Crippen LogP contribution in [0.1, 0.15) is 51.5 Å². The fourth-order valence-corrected chi connectivity index (χ4v) is 5.01. The lowest BCUT2D eigenvalue weighted by molar-refractivity contribution is -0.116. The third-order valence-electron chi connectivity index (χ3n) is 5.43. The molecule has 1 saturated heterocycles. The molecule has 1 atom stereocenters. The van der Waals surface area contributed by atoms with Crippen LogP contribution in [0.15, 0.2) is 53.4 Å². The number of nitrogens with zero attached hydrogens (tertiary/aromatic N) is 1. The third-order valence-corrected chi connectivity index (χ3v) is 7.34. The Morgan fingerprint density at radius 1 is 0.867 bits per heavy atom. The van der Waals surface area contributed by atoms with Crippen molar-refractivity contribution in [3.8, 4) is 0 Å². The van der Waals surface area contributed by atoms with E-state index < -0.39 is 16.1 Å². The summed E-state index contributed by atoms with van der Waals surface area (Å²) in [4.78, 5) is 12.8. The molecule has 1 aliphatic rings. The van der Waals surface area contributed by atoms with Crippen molar-refractivity contribution in [1.29, 1.82) is 0 Å². The van der Waals surface area contributed by atoms with Crippen molar-refractivity contribution in [2.24, 2.45) is 0 Å². The highest BCUT2D eigenvalue weighted by Gasteiger charge is 2.25. The minimum atomic E-state index is -3.47. The van der Waals surface area contributed by atoms with Gasteiger partial charge in [0.1, 0.15) is 6.04 Å². The SMILES string of the molecule is CC(Nc1ccc(C(C)C)cc1)C(=O)Nc1ccc(S(=O)(=O)N2CCCCC2)cc1. The number of hydrogen-bond donors (Lipinski definition) is 2. The van der Waals surface area contributed by atoms with Crippen LogP contribution in [0, 0.1) is 0 Å². The minimum Gasteiger partial charge on any atom is -0.374 e. The lowest BCUT2D eigenvalue weighted by atomic mass is 10.0. The van der Waals surface area contributed by atoms with E-state index >= 15 is 0 Å². The van der Waals surface area contributed by atoms with Crippen molar-refractivity contribution >= 4 is 27.3 Å². The van der Waals surface area contributed by atoms with Crippen LogP contribution in [0.25, 0.3) is 0 Å². The summed E-state index contributed by atoms with van der Waals surface area (Å²) >= 11 is 0. The quantitative estimate of drug-likeness (QED) is 0.683. The van der Waals surface area contributed by atoms with Crippen molar-refractivity contribution in [3.63, 3.8) is 0 Å². The van der Waals surface area contributed by atoms with Gasteiger partial charge in [-0.1, -0.05) is 32.4 Å². The largest absolute Gasteiger partial charge is 0.374 e. The number of carbonyl (C=O) groups is 1. The molecule has 1 heterocycles. The predicted octanol–water partition coefficient (Wildman–Crippen LogP) is 4.42. The number of hydrogen-bond acceptors (Lipinski definition) is 4. The summed E-state index contributed by atoms with van der Waals surface area (Å²) in [6.07, 6.45) is 2.88. The number of nitrogens with one attached hydrogen (secondary N) is 2. The molecule has 30 heavy (non-hydrogen) atoms. The molecular formula is C23H31N3O3S. The van der Waals surface area contributed by atoms with Gasteiger partial charge in [0.15, 0.2) is 0 Å². The zero-order valence-electron chi connectivity index (χ0n) is 17.9. The van der Waals surface area contributed by atoms with E-state index in [0.29, 0.717) is 24.7 Å². The minimum absolute atomic E-state index is 0.186. The Labute approximate surface area is 179 Å². The molecule has 6 nitrogen and oxygen atoms in total. The Morgan fingerprint density at radius 2 is 1.43 bits per heavy atom. The molecule has 1 amide bonds. The zero-order valence-corrected chi connectivity index (χ0v) is 18.7. The number of sulfonamides is 1. The van der Waals surface area contributed by atoms with Crippen molar-refractivity contribution in [3.05, 3.63) is 54.1 Å². The van der Waals surface area contributed by atoms with Gasteiger partial charge in [0.2, 0.25) is 15.9 Å². The maximum atomic E-state index is 12.7. The van der Waals surface area contributed by atoms with E-state index in [4.69, 9.17) is 0 Å². The summed E-state index contributed by atoms with van der Waals surface area (Å²) in [5, 5.41) is 6.03. The Kier molecular flexibility index (Phi) is 7.15. The van der Waals surface area contributed by atoms with Gasteiger partial charge < -0.3 is 10.6 Å². The first-order chi connectivity index (χ1) is 14.3. The topological polar surface area (TPSA) is 78.5 Å². The number of anilines is 2. The van der Waals surface area contributed by atoms with Crippen LogP contribution in [0.3, 0.4) is 0 Å². The van der Waals surface area contributed by atoms with Crippen LogP contribution in [-0.2, 0) is 14.8 Å². The highest BCUT2D eigenvalue weighted by Crippen LogP contribution is 2.22. The van der Waals surface area contributed by atoms with Gasteiger partial charge in [0, 0.05) is 24.5 Å². The van der Waals surface area contributed by atoms with E-state index in [1.807, 2.05) is 12.1 Å². The summed E-state index contributed by atoms with van der Waals surface area (Å²) in [5.41, 5.74) is 2.70. The van der Waals surface area contributed by atoms with Crippen LogP contribution in [0.2, 0.25) is 0 Å². The van der Waals surface area contributed by atoms with Gasteiger partial charge in [-0.2, -0.15) is 4.31 Å². The normalized spacial score (nSPS) is 16.3. The first-order valence-electron chi connectivity index (χ1n) is 10.5. The zero-order chi connectivity index (χ0) is 21.7. The standard InChI is InChI=1S/C23H31N3O3S/c1-17(2)19-7-9-20(10-8-19)24-18(3)23(27)25-21-11-13-22(14-12-21)30(28,29)26-15-5-4-6-16-26/h7-14,17-18,24H,4-6,15-16H2,1-3H3,(H,25,27). The van der Waals surface area contributed by atoms with Gasteiger partial charge >= 0.3 is 0 Å². The van der Waals surface area contributed by atoms with Gasteiger partial charge in [-0.05, 0) is 67.6 Å². The Hall–Kier alpha value is -2.38. The second-order valence-electron chi connectivity index (χ2n) is 8.12. The summed E-state index contributed by atoms with van der Waals surface area (Å²) in [6.45, 7) is 7.22. The molecule has 0 spiro atoms. The molecule has 2 aromatic rings. The first kappa shape index (κ1) is 22.3. The second-order valence-corrected chi connectivity index (χ2v) is 10.1. The molecule has 0 radical (unpaired) electrons.